The van der Waals surface area contributed by atoms with E-state index in [0.717, 1.165) is 47.3 Å². The first-order valence-corrected chi connectivity index (χ1v) is 19.3. The quantitative estimate of drug-likeness (QED) is 0.414. The molecule has 2 aromatic carbocycles. The standard InChI is InChI=1S/C44H50.2ClH.Zr/c1-3-33-34-4-2-6-36(34)41(35(33)5-1)42-37-9-7-31(43-19-25-11-26(20-43)13-27(12-25)21-43)17-39(37)40-18-32(8-10-38(40)42)44-22-28-14-29(23-44)16-30(15-28)24-44;;;/h1,5,7-10,17-18,25-30,34,36,41-42H,2-4,6,11-16,19-24H2;2*1H;/q;;;+2/p-2. The average Bonchev–Trinajstić information content (AvgIpc) is 3.77. The van der Waals surface area contributed by atoms with Gasteiger partial charge in [0.25, 0.3) is 0 Å². The monoisotopic (exact) mass is 738 g/mol. The maximum Gasteiger partial charge on any atom is 2.00 e. The minimum absolute atomic E-state index is 0. The van der Waals surface area contributed by atoms with Gasteiger partial charge in [-0.3, -0.25) is 0 Å². The van der Waals surface area contributed by atoms with E-state index < -0.39 is 0 Å². The van der Waals surface area contributed by atoms with Crippen LogP contribution in [0.1, 0.15) is 131 Å². The molecule has 0 saturated heterocycles. The number of hydrogen-bond acceptors (Lipinski definition) is 0. The van der Waals surface area contributed by atoms with Crippen LogP contribution in [0.3, 0.4) is 0 Å². The van der Waals surface area contributed by atoms with E-state index in [1.165, 1.54) is 103 Å². The number of hydrogen-bond donors (Lipinski definition) is 0. The van der Waals surface area contributed by atoms with Crippen LogP contribution < -0.4 is 24.8 Å². The van der Waals surface area contributed by atoms with Gasteiger partial charge in [-0.1, -0.05) is 60.5 Å². The Morgan fingerprint density at radius 1 is 0.574 bits per heavy atom. The zero-order chi connectivity index (χ0) is 28.4. The normalized spacial score (nSPS) is 44.9. The first-order valence-electron chi connectivity index (χ1n) is 19.3. The Kier molecular flexibility index (Phi) is 7.69. The topological polar surface area (TPSA) is 0 Å². The fourth-order valence-electron chi connectivity index (χ4n) is 16.0. The molecule has 3 heteroatoms. The van der Waals surface area contributed by atoms with Crippen molar-refractivity contribution in [2.45, 2.75) is 119 Å². The van der Waals surface area contributed by atoms with Gasteiger partial charge in [-0.2, -0.15) is 0 Å². The van der Waals surface area contributed by atoms with Crippen molar-refractivity contribution in [2.24, 2.45) is 53.3 Å². The SMILES string of the molecule is C1=CC2=C(C1)C1CCCC1C2C1c2ccc(C34CC5CC(CC(C5)C3)C4)cc2-c2cc(C34CC5CC(CC(C5)C3)C4)ccc21.[Cl-].[Cl-].[Zr+2]. The van der Waals surface area contributed by atoms with Gasteiger partial charge in [-0.05, 0) is 199 Å². The summed E-state index contributed by atoms with van der Waals surface area (Å²) in [5.41, 5.74) is 14.8. The first kappa shape index (κ1) is 32.3. The Bertz CT molecular complexity index is 1520. The molecule has 0 heterocycles. The van der Waals surface area contributed by atoms with E-state index in [1.54, 1.807) is 39.0 Å². The molecule has 244 valence electrons. The van der Waals surface area contributed by atoms with Gasteiger partial charge < -0.3 is 24.8 Å². The number of fused-ring (bicyclic) bond motifs is 5. The summed E-state index contributed by atoms with van der Waals surface area (Å²) in [6, 6.07) is 16.4. The maximum atomic E-state index is 2.83. The third kappa shape index (κ3) is 4.40. The van der Waals surface area contributed by atoms with Gasteiger partial charge in [-0.15, -0.1) is 0 Å². The second-order valence-corrected chi connectivity index (χ2v) is 18.8. The molecule has 0 aromatic heterocycles. The predicted octanol–water partition coefficient (Wildman–Crippen LogP) is 5.04. The van der Waals surface area contributed by atoms with E-state index in [1.807, 2.05) is 5.57 Å². The molecule has 12 aliphatic rings. The van der Waals surface area contributed by atoms with Crippen molar-refractivity contribution >= 4 is 0 Å². The minimum atomic E-state index is 0. The van der Waals surface area contributed by atoms with Crippen LogP contribution in [0.4, 0.5) is 0 Å². The van der Waals surface area contributed by atoms with Gasteiger partial charge in [0.05, 0.1) is 0 Å². The maximum absolute atomic E-state index is 2.83. The summed E-state index contributed by atoms with van der Waals surface area (Å²) in [4.78, 5) is 0. The molecule has 0 nitrogen and oxygen atoms in total. The average molecular weight is 741 g/mol. The molecule has 3 atom stereocenters. The van der Waals surface area contributed by atoms with Gasteiger partial charge in [0.1, 0.15) is 0 Å². The van der Waals surface area contributed by atoms with Crippen LogP contribution in [0, 0.1) is 53.3 Å². The van der Waals surface area contributed by atoms with Crippen molar-refractivity contribution in [3.05, 3.63) is 82.0 Å². The molecule has 0 N–H and O–H groups in total. The van der Waals surface area contributed by atoms with Crippen LogP contribution >= 0.6 is 0 Å². The zero-order valence-corrected chi connectivity index (χ0v) is 31.9. The van der Waals surface area contributed by atoms with Crippen molar-refractivity contribution in [3.8, 4) is 11.1 Å². The number of halogens is 2. The van der Waals surface area contributed by atoms with Crippen molar-refractivity contribution in [1.82, 2.24) is 0 Å². The van der Waals surface area contributed by atoms with Crippen molar-refractivity contribution < 1.29 is 51.0 Å². The van der Waals surface area contributed by atoms with Gasteiger partial charge >= 0.3 is 26.2 Å². The summed E-state index contributed by atoms with van der Waals surface area (Å²) in [7, 11) is 0. The van der Waals surface area contributed by atoms with Crippen LogP contribution in [0.2, 0.25) is 0 Å². The molecule has 8 bridgehead atoms. The van der Waals surface area contributed by atoms with Crippen molar-refractivity contribution in [2.75, 3.05) is 0 Å². The summed E-state index contributed by atoms with van der Waals surface area (Å²) >= 11 is 0. The fraction of sp³-hybridized carbons (Fsp3) is 0.636. The van der Waals surface area contributed by atoms with Crippen LogP contribution in [-0.2, 0) is 37.0 Å². The van der Waals surface area contributed by atoms with Crippen LogP contribution in [0.5, 0.6) is 0 Å². The molecular weight excluding hydrogens is 691 g/mol. The molecule has 0 spiro atoms. The van der Waals surface area contributed by atoms with Crippen LogP contribution in [0.25, 0.3) is 11.1 Å². The molecule has 3 unspecified atom stereocenters. The van der Waals surface area contributed by atoms with Crippen LogP contribution in [-0.4, -0.2) is 0 Å². The molecule has 0 radical (unpaired) electrons. The molecule has 12 aliphatic carbocycles. The van der Waals surface area contributed by atoms with Crippen molar-refractivity contribution in [1.29, 1.82) is 0 Å². The zero-order valence-electron chi connectivity index (χ0n) is 28.0. The Morgan fingerprint density at radius 3 is 1.51 bits per heavy atom. The predicted molar refractivity (Wildman–Crippen MR) is 179 cm³/mol. The molecule has 47 heavy (non-hydrogen) atoms. The Hall–Kier alpha value is -0.617. The third-order valence-electron chi connectivity index (χ3n) is 16.6. The minimum Gasteiger partial charge on any atom is -1.00 e. The smallest absolute Gasteiger partial charge is 1.00 e. The number of allylic oxidation sites excluding steroid dienone is 4. The number of benzene rings is 2. The molecule has 0 aliphatic heterocycles. The van der Waals surface area contributed by atoms with E-state index in [4.69, 9.17) is 0 Å². The summed E-state index contributed by atoms with van der Waals surface area (Å²) in [6.07, 6.45) is 28.8. The van der Waals surface area contributed by atoms with E-state index >= 15 is 0 Å². The molecular formula is C44H50Cl2Zr. The third-order valence-corrected chi connectivity index (χ3v) is 16.6. The largest absolute Gasteiger partial charge is 2.00 e. The van der Waals surface area contributed by atoms with E-state index in [2.05, 4.69) is 48.6 Å². The summed E-state index contributed by atoms with van der Waals surface area (Å²) in [5, 5.41) is 0. The van der Waals surface area contributed by atoms with Gasteiger partial charge in [0.2, 0.25) is 0 Å². The fourth-order valence-corrected chi connectivity index (χ4v) is 16.0. The van der Waals surface area contributed by atoms with Gasteiger partial charge in [0, 0.05) is 5.92 Å². The summed E-state index contributed by atoms with van der Waals surface area (Å²) in [5.74, 6) is 9.07. The molecule has 9 saturated carbocycles. The Morgan fingerprint density at radius 2 is 1.04 bits per heavy atom. The number of rotatable bonds is 3. The van der Waals surface area contributed by atoms with Gasteiger partial charge in [-0.25, -0.2) is 0 Å². The molecule has 2 aromatic rings. The van der Waals surface area contributed by atoms with Gasteiger partial charge in [0.15, 0.2) is 0 Å². The second kappa shape index (κ2) is 11.2. The summed E-state index contributed by atoms with van der Waals surface area (Å²) < 4.78 is 0. The second-order valence-electron chi connectivity index (χ2n) is 18.8. The first-order chi connectivity index (χ1) is 21.6. The summed E-state index contributed by atoms with van der Waals surface area (Å²) in [6.45, 7) is 0. The van der Waals surface area contributed by atoms with Crippen LogP contribution in [0.15, 0.2) is 59.7 Å². The van der Waals surface area contributed by atoms with E-state index in [-0.39, 0.29) is 51.0 Å². The molecule has 9 fully saturated rings. The van der Waals surface area contributed by atoms with E-state index in [9.17, 15) is 0 Å². The Balaban J connectivity index is 0.00000101. The Labute approximate surface area is 314 Å². The van der Waals surface area contributed by atoms with E-state index in [0.29, 0.717) is 22.7 Å². The molecule has 14 rings (SSSR count). The molecule has 0 amide bonds. The van der Waals surface area contributed by atoms with Crippen molar-refractivity contribution in [3.63, 3.8) is 0 Å².